The summed E-state index contributed by atoms with van der Waals surface area (Å²) >= 11 is 0. The molecule has 0 saturated carbocycles. The van der Waals surface area contributed by atoms with Crippen molar-refractivity contribution in [3.63, 3.8) is 0 Å². The molecular weight excluding hydrogens is 347 g/mol. The van der Waals surface area contributed by atoms with Gasteiger partial charge in [-0.15, -0.1) is 0 Å². The fourth-order valence-corrected chi connectivity index (χ4v) is 3.75. The second-order valence-corrected chi connectivity index (χ2v) is 7.17. The summed E-state index contributed by atoms with van der Waals surface area (Å²) in [5, 5.41) is 11.8. The maximum atomic E-state index is 14.1. The topological polar surface area (TPSA) is 71.3 Å². The van der Waals surface area contributed by atoms with Crippen LogP contribution in [-0.2, 0) is 24.2 Å². The van der Waals surface area contributed by atoms with Gasteiger partial charge in [0.2, 0.25) is 5.91 Å². The Morgan fingerprint density at radius 3 is 2.78 bits per heavy atom. The van der Waals surface area contributed by atoms with Crippen LogP contribution in [0.15, 0.2) is 24.3 Å². The molecule has 1 aliphatic carbocycles. The third kappa shape index (κ3) is 3.95. The molecule has 0 radical (unpaired) electrons. The highest BCUT2D eigenvalue weighted by atomic mass is 19.1. The Balaban J connectivity index is 1.99. The summed E-state index contributed by atoms with van der Waals surface area (Å²) in [7, 11) is 0. The number of carbonyl (C=O) groups excluding carboxylic acids is 2. The van der Waals surface area contributed by atoms with Crippen LogP contribution < -0.4 is 5.32 Å². The van der Waals surface area contributed by atoms with Gasteiger partial charge in [-0.1, -0.05) is 18.2 Å². The van der Waals surface area contributed by atoms with Gasteiger partial charge in [0.15, 0.2) is 5.78 Å². The molecule has 0 aliphatic heterocycles. The fourth-order valence-electron chi connectivity index (χ4n) is 3.75. The lowest BCUT2D eigenvalue weighted by Gasteiger charge is -2.16. The van der Waals surface area contributed by atoms with Crippen molar-refractivity contribution in [3.8, 4) is 0 Å². The van der Waals surface area contributed by atoms with Crippen molar-refractivity contribution in [1.82, 2.24) is 9.88 Å². The predicted octanol–water partition coefficient (Wildman–Crippen LogP) is 2.54. The van der Waals surface area contributed by atoms with Crippen LogP contribution in [0.3, 0.4) is 0 Å². The Morgan fingerprint density at radius 2 is 2.07 bits per heavy atom. The highest BCUT2D eigenvalue weighted by Gasteiger charge is 2.29. The molecule has 0 bridgehead atoms. The predicted molar refractivity (Wildman–Crippen MR) is 100 cm³/mol. The van der Waals surface area contributed by atoms with E-state index < -0.39 is 0 Å². The van der Waals surface area contributed by atoms with Gasteiger partial charge >= 0.3 is 0 Å². The Kier molecular flexibility index (Phi) is 5.75. The van der Waals surface area contributed by atoms with E-state index in [0.29, 0.717) is 29.7 Å². The summed E-state index contributed by atoms with van der Waals surface area (Å²) in [5.74, 6) is -0.467. The summed E-state index contributed by atoms with van der Waals surface area (Å²) in [5.41, 5.74) is 3.62. The quantitative estimate of drug-likeness (QED) is 0.819. The molecule has 1 heterocycles. The van der Waals surface area contributed by atoms with E-state index in [4.69, 9.17) is 5.11 Å². The SMILES string of the molecule is Cc1c(CC(=O)N[C@H](C)CO)c2c(n1Cc1ccccc1F)CCCC2=O. The van der Waals surface area contributed by atoms with Gasteiger partial charge in [0, 0.05) is 35.0 Å². The second-order valence-electron chi connectivity index (χ2n) is 7.17. The van der Waals surface area contributed by atoms with E-state index in [1.807, 2.05) is 11.5 Å². The number of rotatable bonds is 6. The van der Waals surface area contributed by atoms with Gasteiger partial charge in [-0.3, -0.25) is 9.59 Å². The van der Waals surface area contributed by atoms with Crippen LogP contribution in [0.25, 0.3) is 0 Å². The molecule has 1 aliphatic rings. The molecule has 0 fully saturated rings. The maximum absolute atomic E-state index is 14.1. The van der Waals surface area contributed by atoms with Gasteiger partial charge in [-0.2, -0.15) is 0 Å². The normalized spacial score (nSPS) is 14.7. The zero-order chi connectivity index (χ0) is 19.6. The van der Waals surface area contributed by atoms with Crippen LogP contribution in [0.1, 0.15) is 52.6 Å². The molecule has 2 N–H and O–H groups in total. The smallest absolute Gasteiger partial charge is 0.224 e. The molecule has 27 heavy (non-hydrogen) atoms. The molecule has 0 spiro atoms. The van der Waals surface area contributed by atoms with Gasteiger partial charge in [0.25, 0.3) is 0 Å². The molecule has 1 aromatic heterocycles. The van der Waals surface area contributed by atoms with Gasteiger partial charge < -0.3 is 15.0 Å². The lowest BCUT2D eigenvalue weighted by molar-refractivity contribution is -0.121. The van der Waals surface area contributed by atoms with Crippen molar-refractivity contribution < 1.29 is 19.1 Å². The van der Waals surface area contributed by atoms with E-state index in [0.717, 1.165) is 24.2 Å². The van der Waals surface area contributed by atoms with Crippen LogP contribution in [0.5, 0.6) is 0 Å². The van der Waals surface area contributed by atoms with Crippen LogP contribution in [0.2, 0.25) is 0 Å². The average Bonchev–Trinajstić information content (AvgIpc) is 2.90. The number of benzene rings is 1. The number of carbonyl (C=O) groups is 2. The van der Waals surface area contributed by atoms with Crippen molar-refractivity contribution >= 4 is 11.7 Å². The molecule has 1 atom stereocenters. The summed E-state index contributed by atoms with van der Waals surface area (Å²) < 4.78 is 16.1. The monoisotopic (exact) mass is 372 g/mol. The summed E-state index contributed by atoms with van der Waals surface area (Å²) in [6, 6.07) is 6.26. The molecule has 2 aromatic rings. The molecule has 1 amide bonds. The largest absolute Gasteiger partial charge is 0.394 e. The lowest BCUT2D eigenvalue weighted by atomic mass is 9.92. The Hall–Kier alpha value is -2.47. The number of ketones is 1. The van der Waals surface area contributed by atoms with Gasteiger partial charge in [-0.25, -0.2) is 4.39 Å². The number of halogens is 1. The zero-order valence-electron chi connectivity index (χ0n) is 15.7. The Labute approximate surface area is 158 Å². The van der Waals surface area contributed by atoms with Gasteiger partial charge in [0.05, 0.1) is 19.6 Å². The number of hydrogen-bond acceptors (Lipinski definition) is 3. The molecule has 0 saturated heterocycles. The first-order chi connectivity index (χ1) is 12.9. The van der Waals surface area contributed by atoms with Crippen molar-refractivity contribution in [2.24, 2.45) is 0 Å². The number of fused-ring (bicyclic) bond motifs is 1. The number of hydrogen-bond donors (Lipinski definition) is 2. The van der Waals surface area contributed by atoms with E-state index in [-0.39, 0.29) is 36.6 Å². The highest BCUT2D eigenvalue weighted by Crippen LogP contribution is 2.31. The summed E-state index contributed by atoms with van der Waals surface area (Å²) in [4.78, 5) is 24.9. The van der Waals surface area contributed by atoms with Crippen LogP contribution in [0.4, 0.5) is 4.39 Å². The third-order valence-electron chi connectivity index (χ3n) is 5.16. The number of nitrogens with one attached hydrogen (secondary N) is 1. The van der Waals surface area contributed by atoms with Crippen LogP contribution in [-0.4, -0.2) is 34.0 Å². The number of aliphatic hydroxyl groups excluding tert-OH is 1. The zero-order valence-corrected chi connectivity index (χ0v) is 15.7. The van der Waals surface area contributed by atoms with Crippen molar-refractivity contribution in [3.05, 3.63) is 58.2 Å². The average molecular weight is 372 g/mol. The van der Waals surface area contributed by atoms with Crippen LogP contribution >= 0.6 is 0 Å². The summed E-state index contributed by atoms with van der Waals surface area (Å²) in [6.07, 6.45) is 2.05. The summed E-state index contributed by atoms with van der Waals surface area (Å²) in [6.45, 7) is 3.79. The molecule has 0 unspecified atom stereocenters. The maximum Gasteiger partial charge on any atom is 0.224 e. The minimum absolute atomic E-state index is 0.0460. The molecule has 3 rings (SSSR count). The van der Waals surface area contributed by atoms with E-state index in [1.165, 1.54) is 6.07 Å². The Bertz CT molecular complexity index is 873. The van der Waals surface area contributed by atoms with Crippen molar-refractivity contribution in [2.75, 3.05) is 6.61 Å². The minimum Gasteiger partial charge on any atom is -0.394 e. The molecular formula is C21H25FN2O3. The third-order valence-corrected chi connectivity index (χ3v) is 5.16. The van der Waals surface area contributed by atoms with E-state index in [2.05, 4.69) is 5.32 Å². The number of Topliss-reactive ketones (excluding diaryl/α,β-unsaturated/α-hetero) is 1. The van der Waals surface area contributed by atoms with E-state index in [1.54, 1.807) is 25.1 Å². The van der Waals surface area contributed by atoms with Crippen molar-refractivity contribution in [2.45, 2.75) is 52.1 Å². The standard InChI is InChI=1S/C21H25FN2O3/c1-13(12-25)23-20(27)10-16-14(2)24(11-15-6-3-4-7-17(15)22)18-8-5-9-19(26)21(16)18/h3-4,6-7,13,25H,5,8-12H2,1-2H3,(H,23,27)/t13-/m1/s1. The number of nitrogens with zero attached hydrogens (tertiary/aromatic N) is 1. The second kappa shape index (κ2) is 8.05. The van der Waals surface area contributed by atoms with Crippen molar-refractivity contribution in [1.29, 1.82) is 0 Å². The first-order valence-electron chi connectivity index (χ1n) is 9.30. The van der Waals surface area contributed by atoms with Gasteiger partial charge in [-0.05, 0) is 38.3 Å². The van der Waals surface area contributed by atoms with Gasteiger partial charge in [0.1, 0.15) is 5.82 Å². The molecule has 5 nitrogen and oxygen atoms in total. The Morgan fingerprint density at radius 1 is 1.33 bits per heavy atom. The fraction of sp³-hybridized carbons (Fsp3) is 0.429. The highest BCUT2D eigenvalue weighted by molar-refractivity contribution is 6.01. The number of aliphatic hydroxyl groups is 1. The first kappa shape index (κ1) is 19.3. The van der Waals surface area contributed by atoms with E-state index in [9.17, 15) is 14.0 Å². The molecule has 1 aromatic carbocycles. The van der Waals surface area contributed by atoms with Crippen LogP contribution in [0, 0.1) is 12.7 Å². The van der Waals surface area contributed by atoms with E-state index >= 15 is 0 Å². The molecule has 6 heteroatoms. The minimum atomic E-state index is -0.343. The first-order valence-corrected chi connectivity index (χ1v) is 9.30. The lowest BCUT2D eigenvalue weighted by Crippen LogP contribution is -2.36. The number of amides is 1. The number of aromatic nitrogens is 1. The molecule has 144 valence electrons.